The van der Waals surface area contributed by atoms with Gasteiger partial charge in [0.25, 0.3) is 0 Å². The van der Waals surface area contributed by atoms with Crippen LogP contribution in [0, 0.1) is 11.8 Å². The molecule has 5 atom stereocenters. The highest BCUT2D eigenvalue weighted by molar-refractivity contribution is 6.30. The first-order valence-electron chi connectivity index (χ1n) is 11.6. The zero-order valence-electron chi connectivity index (χ0n) is 18.8. The van der Waals surface area contributed by atoms with E-state index in [1.807, 2.05) is 19.1 Å². The molecule has 32 heavy (non-hydrogen) atoms. The molecule has 2 rings (SSSR count). The summed E-state index contributed by atoms with van der Waals surface area (Å²) in [6.45, 7) is 2.35. The minimum atomic E-state index is -1.16. The lowest BCUT2D eigenvalue weighted by molar-refractivity contribution is -0.143. The second-order valence-corrected chi connectivity index (χ2v) is 8.90. The number of carbonyl (C=O) groups excluding carboxylic acids is 1. The molecule has 2 N–H and O–H groups in total. The summed E-state index contributed by atoms with van der Waals surface area (Å²) in [7, 11) is 0. The Labute approximate surface area is 195 Å². The van der Waals surface area contributed by atoms with Crippen LogP contribution in [0.4, 0.5) is 4.39 Å². The van der Waals surface area contributed by atoms with Gasteiger partial charge in [0.15, 0.2) is 0 Å². The number of hydrogen-bond acceptors (Lipinski definition) is 5. The molecule has 0 spiro atoms. The molecule has 1 aromatic rings. The minimum Gasteiger partial charge on any atom is -0.491 e. The van der Waals surface area contributed by atoms with Crippen LogP contribution in [0.15, 0.2) is 36.4 Å². The van der Waals surface area contributed by atoms with Gasteiger partial charge in [0.05, 0.1) is 18.8 Å². The first-order valence-corrected chi connectivity index (χ1v) is 12.0. The number of allylic oxidation sites excluding steroid dienone is 2. The maximum atomic E-state index is 14.4. The lowest BCUT2D eigenvalue weighted by atomic mass is 9.86. The molecule has 1 saturated carbocycles. The summed E-state index contributed by atoms with van der Waals surface area (Å²) in [5.74, 6) is 0.104. The van der Waals surface area contributed by atoms with Crippen LogP contribution in [-0.2, 0) is 9.53 Å². The van der Waals surface area contributed by atoms with Crippen molar-refractivity contribution in [2.75, 3.05) is 13.2 Å². The fourth-order valence-corrected chi connectivity index (χ4v) is 4.31. The minimum absolute atomic E-state index is 0.0724. The van der Waals surface area contributed by atoms with Gasteiger partial charge < -0.3 is 19.7 Å². The Morgan fingerprint density at radius 2 is 2.06 bits per heavy atom. The highest BCUT2D eigenvalue weighted by Crippen LogP contribution is 2.38. The molecule has 0 amide bonds. The molecule has 0 aromatic heterocycles. The van der Waals surface area contributed by atoms with Crippen molar-refractivity contribution in [1.82, 2.24) is 0 Å². The molecule has 0 radical (unpaired) electrons. The van der Waals surface area contributed by atoms with Gasteiger partial charge in [-0.05, 0) is 75.0 Å². The van der Waals surface area contributed by atoms with E-state index in [2.05, 4.69) is 0 Å². The number of hydrogen-bond donors (Lipinski definition) is 2. The van der Waals surface area contributed by atoms with Crippen molar-refractivity contribution in [2.24, 2.45) is 11.8 Å². The summed E-state index contributed by atoms with van der Waals surface area (Å²) in [6.07, 6.45) is 5.98. The van der Waals surface area contributed by atoms with Crippen molar-refractivity contribution in [2.45, 2.75) is 76.7 Å². The number of rotatable bonds is 14. The second kappa shape index (κ2) is 14.5. The van der Waals surface area contributed by atoms with Crippen molar-refractivity contribution >= 4 is 17.6 Å². The predicted octanol–water partition coefficient (Wildman–Crippen LogP) is 5.26. The van der Waals surface area contributed by atoms with Gasteiger partial charge in [-0.1, -0.05) is 36.7 Å². The molecule has 180 valence electrons. The molecule has 5 unspecified atom stereocenters. The molecular formula is C25H36ClFO5. The van der Waals surface area contributed by atoms with E-state index in [4.69, 9.17) is 21.1 Å². The van der Waals surface area contributed by atoms with Crippen LogP contribution in [0.3, 0.4) is 0 Å². The van der Waals surface area contributed by atoms with E-state index in [1.54, 1.807) is 24.3 Å². The Morgan fingerprint density at radius 1 is 1.28 bits per heavy atom. The largest absolute Gasteiger partial charge is 0.491 e. The van der Waals surface area contributed by atoms with Crippen LogP contribution in [0.2, 0.25) is 5.02 Å². The molecule has 5 nitrogen and oxygen atoms in total. The van der Waals surface area contributed by atoms with Crippen LogP contribution < -0.4 is 4.74 Å². The summed E-state index contributed by atoms with van der Waals surface area (Å²) < 4.78 is 24.9. The Balaban J connectivity index is 1.71. The fourth-order valence-electron chi connectivity index (χ4n) is 4.13. The third kappa shape index (κ3) is 9.47. The van der Waals surface area contributed by atoms with E-state index >= 15 is 0 Å². The SMILES string of the molecule is CCCOC(=O)CCC/C=C/CC1C(O)CC(O)C1CCC(F)COc1cccc(Cl)c1. The van der Waals surface area contributed by atoms with Gasteiger partial charge >= 0.3 is 5.97 Å². The van der Waals surface area contributed by atoms with Crippen molar-refractivity contribution < 1.29 is 28.9 Å². The van der Waals surface area contributed by atoms with Gasteiger partial charge in [-0.2, -0.15) is 0 Å². The van der Waals surface area contributed by atoms with E-state index in [1.165, 1.54) is 0 Å². The van der Waals surface area contributed by atoms with E-state index in [-0.39, 0.29) is 30.8 Å². The number of unbranched alkanes of at least 4 members (excludes halogenated alkanes) is 1. The highest BCUT2D eigenvalue weighted by atomic mass is 35.5. The quantitative estimate of drug-likeness (QED) is 0.220. The Morgan fingerprint density at radius 3 is 2.81 bits per heavy atom. The molecule has 1 aromatic carbocycles. The van der Waals surface area contributed by atoms with Crippen LogP contribution >= 0.6 is 11.6 Å². The number of carbonyl (C=O) groups is 1. The van der Waals surface area contributed by atoms with Gasteiger partial charge in [-0.15, -0.1) is 0 Å². The Kier molecular flexibility index (Phi) is 12.1. The number of alkyl halides is 1. The number of esters is 1. The number of ether oxygens (including phenoxy) is 2. The zero-order valence-corrected chi connectivity index (χ0v) is 19.6. The molecular weight excluding hydrogens is 435 g/mol. The number of benzene rings is 1. The molecule has 0 saturated heterocycles. The van der Waals surface area contributed by atoms with Gasteiger partial charge in [0.1, 0.15) is 18.5 Å². The van der Waals surface area contributed by atoms with Crippen molar-refractivity contribution in [1.29, 1.82) is 0 Å². The van der Waals surface area contributed by atoms with Crippen LogP contribution in [0.1, 0.15) is 58.3 Å². The molecule has 1 fully saturated rings. The highest BCUT2D eigenvalue weighted by Gasteiger charge is 2.40. The van der Waals surface area contributed by atoms with E-state index in [0.717, 1.165) is 12.8 Å². The molecule has 0 bridgehead atoms. The monoisotopic (exact) mass is 470 g/mol. The predicted molar refractivity (Wildman–Crippen MR) is 124 cm³/mol. The van der Waals surface area contributed by atoms with Crippen molar-refractivity contribution in [3.63, 3.8) is 0 Å². The third-order valence-electron chi connectivity index (χ3n) is 5.86. The summed E-state index contributed by atoms with van der Waals surface area (Å²) in [4.78, 5) is 11.5. The summed E-state index contributed by atoms with van der Waals surface area (Å²) in [5.41, 5.74) is 0. The average Bonchev–Trinajstić information content (AvgIpc) is 3.03. The van der Waals surface area contributed by atoms with Crippen molar-refractivity contribution in [3.05, 3.63) is 41.4 Å². The Bertz CT molecular complexity index is 713. The number of aliphatic hydroxyl groups excluding tert-OH is 2. The summed E-state index contributed by atoms with van der Waals surface area (Å²) in [6, 6.07) is 6.84. The third-order valence-corrected chi connectivity index (χ3v) is 6.09. The lowest BCUT2D eigenvalue weighted by Gasteiger charge is -2.23. The van der Waals surface area contributed by atoms with Crippen LogP contribution in [0.25, 0.3) is 0 Å². The molecule has 7 heteroatoms. The van der Waals surface area contributed by atoms with Crippen LogP contribution in [-0.4, -0.2) is 47.8 Å². The standard InChI is InChI=1S/C25H36ClFO5/c1-2-14-31-25(30)11-6-4-3-5-10-21-22(24(29)16-23(21)28)13-12-19(27)17-32-20-9-7-8-18(26)15-20/h3,5,7-9,15,19,21-24,28-29H,2,4,6,10-14,16-17H2,1H3/b5-3+. The van der Waals surface area contributed by atoms with E-state index < -0.39 is 18.4 Å². The summed E-state index contributed by atoms with van der Waals surface area (Å²) >= 11 is 5.90. The van der Waals surface area contributed by atoms with Crippen molar-refractivity contribution in [3.8, 4) is 5.75 Å². The summed E-state index contributed by atoms with van der Waals surface area (Å²) in [5, 5.41) is 21.2. The van der Waals surface area contributed by atoms with Gasteiger partial charge in [0.2, 0.25) is 0 Å². The van der Waals surface area contributed by atoms with E-state index in [9.17, 15) is 19.4 Å². The molecule has 1 aliphatic rings. The first kappa shape index (κ1) is 26.6. The van der Waals surface area contributed by atoms with Gasteiger partial charge in [-0.3, -0.25) is 4.79 Å². The fraction of sp³-hybridized carbons (Fsp3) is 0.640. The zero-order chi connectivity index (χ0) is 23.3. The lowest BCUT2D eigenvalue weighted by Crippen LogP contribution is -2.24. The van der Waals surface area contributed by atoms with Gasteiger partial charge in [-0.25, -0.2) is 4.39 Å². The molecule has 0 aliphatic heterocycles. The van der Waals surface area contributed by atoms with Gasteiger partial charge in [0, 0.05) is 11.4 Å². The topological polar surface area (TPSA) is 76.0 Å². The maximum absolute atomic E-state index is 14.4. The Hall–Kier alpha value is -1.63. The normalized spacial score (nSPS) is 24.0. The maximum Gasteiger partial charge on any atom is 0.305 e. The molecule has 0 heterocycles. The number of halogens is 2. The second-order valence-electron chi connectivity index (χ2n) is 8.46. The number of aliphatic hydroxyl groups is 2. The van der Waals surface area contributed by atoms with Crippen LogP contribution in [0.5, 0.6) is 5.75 Å². The smallest absolute Gasteiger partial charge is 0.305 e. The van der Waals surface area contributed by atoms with E-state index in [0.29, 0.717) is 49.5 Å². The first-order chi connectivity index (χ1) is 15.4. The average molecular weight is 471 g/mol. The molecule has 1 aliphatic carbocycles.